The molecule has 2 rings (SSSR count). The molecule has 1 heterocycles. The van der Waals surface area contributed by atoms with Gasteiger partial charge >= 0.3 is 5.97 Å². The van der Waals surface area contributed by atoms with Crippen LogP contribution >= 0.6 is 0 Å². The number of anilines is 1. The monoisotopic (exact) mass is 299 g/mol. The number of hydrogen-bond donors (Lipinski definition) is 0. The quantitative estimate of drug-likeness (QED) is 0.812. The minimum Gasteiger partial charge on any atom is -0.461 e. The van der Waals surface area contributed by atoms with Gasteiger partial charge in [-0.05, 0) is 20.8 Å². The van der Waals surface area contributed by atoms with Gasteiger partial charge in [0.1, 0.15) is 5.82 Å². The van der Waals surface area contributed by atoms with Crippen LogP contribution in [-0.4, -0.2) is 36.6 Å². The number of ether oxygens (including phenoxy) is 1. The van der Waals surface area contributed by atoms with Crippen LogP contribution in [0.25, 0.3) is 11.4 Å². The van der Waals surface area contributed by atoms with Crippen LogP contribution in [0.4, 0.5) is 5.82 Å². The highest BCUT2D eigenvalue weighted by Crippen LogP contribution is 2.24. The lowest BCUT2D eigenvalue weighted by molar-refractivity contribution is 0.0518. The lowest BCUT2D eigenvalue weighted by Crippen LogP contribution is -2.18. The molecule has 2 aromatic rings. The lowest BCUT2D eigenvalue weighted by Gasteiger charge is -2.17. The largest absolute Gasteiger partial charge is 0.461 e. The van der Waals surface area contributed by atoms with Crippen molar-refractivity contribution in [3.8, 4) is 11.4 Å². The maximum Gasteiger partial charge on any atom is 0.357 e. The first kappa shape index (κ1) is 15.9. The van der Waals surface area contributed by atoms with E-state index in [-0.39, 0.29) is 0 Å². The standard InChI is InChI=1S/C17H21N3O2/c1-6-22-17(21)14-12(3)16(20(4)5)19-15(18-14)13-9-7-11(2)8-10-13/h7-10H,6H2,1-5H3. The fourth-order valence-corrected chi connectivity index (χ4v) is 2.17. The normalized spacial score (nSPS) is 10.4. The van der Waals surface area contributed by atoms with Gasteiger partial charge < -0.3 is 9.64 Å². The molecule has 5 nitrogen and oxygen atoms in total. The van der Waals surface area contributed by atoms with Gasteiger partial charge in [0, 0.05) is 25.2 Å². The summed E-state index contributed by atoms with van der Waals surface area (Å²) in [6, 6.07) is 7.90. The molecule has 1 aromatic heterocycles. The smallest absolute Gasteiger partial charge is 0.357 e. The van der Waals surface area contributed by atoms with Crippen molar-refractivity contribution < 1.29 is 9.53 Å². The molecule has 0 saturated carbocycles. The molecule has 0 amide bonds. The predicted octanol–water partition coefficient (Wildman–Crippen LogP) is 3.00. The maximum atomic E-state index is 12.1. The van der Waals surface area contributed by atoms with E-state index in [9.17, 15) is 4.79 Å². The summed E-state index contributed by atoms with van der Waals surface area (Å²) in [5.74, 6) is 0.824. The minimum absolute atomic E-state index is 0.316. The van der Waals surface area contributed by atoms with Crippen molar-refractivity contribution in [2.24, 2.45) is 0 Å². The van der Waals surface area contributed by atoms with Crippen molar-refractivity contribution in [2.75, 3.05) is 25.6 Å². The second-order valence-corrected chi connectivity index (χ2v) is 5.33. The summed E-state index contributed by atoms with van der Waals surface area (Å²) in [7, 11) is 3.78. The SMILES string of the molecule is CCOC(=O)c1nc(-c2ccc(C)cc2)nc(N(C)C)c1C. The molecule has 0 aliphatic rings. The van der Waals surface area contributed by atoms with Gasteiger partial charge in [0.05, 0.1) is 6.61 Å². The van der Waals surface area contributed by atoms with Crippen molar-refractivity contribution in [3.63, 3.8) is 0 Å². The van der Waals surface area contributed by atoms with Crippen LogP contribution in [0.2, 0.25) is 0 Å². The zero-order valence-corrected chi connectivity index (χ0v) is 13.7. The van der Waals surface area contributed by atoms with E-state index in [0.717, 1.165) is 16.7 Å². The predicted molar refractivity (Wildman–Crippen MR) is 87.2 cm³/mol. The van der Waals surface area contributed by atoms with Crippen LogP contribution in [0.1, 0.15) is 28.5 Å². The highest BCUT2D eigenvalue weighted by atomic mass is 16.5. The van der Waals surface area contributed by atoms with E-state index in [1.54, 1.807) is 6.92 Å². The number of rotatable bonds is 4. The number of esters is 1. The summed E-state index contributed by atoms with van der Waals surface area (Å²) in [5.41, 5.74) is 3.07. The molecule has 0 radical (unpaired) electrons. The minimum atomic E-state index is -0.418. The second-order valence-electron chi connectivity index (χ2n) is 5.33. The Morgan fingerprint density at radius 3 is 2.32 bits per heavy atom. The molecular weight excluding hydrogens is 278 g/mol. The Morgan fingerprint density at radius 2 is 1.77 bits per heavy atom. The summed E-state index contributed by atoms with van der Waals surface area (Å²) in [5, 5.41) is 0. The Balaban J connectivity index is 2.59. The first-order valence-electron chi connectivity index (χ1n) is 7.24. The van der Waals surface area contributed by atoms with Crippen LogP contribution in [0.5, 0.6) is 0 Å². The highest BCUT2D eigenvalue weighted by molar-refractivity contribution is 5.91. The Bertz CT molecular complexity index is 679. The van der Waals surface area contributed by atoms with Crippen molar-refractivity contribution in [1.29, 1.82) is 0 Å². The average molecular weight is 299 g/mol. The summed E-state index contributed by atoms with van der Waals surface area (Å²) in [4.78, 5) is 23.0. The molecule has 22 heavy (non-hydrogen) atoms. The van der Waals surface area contributed by atoms with Gasteiger partial charge in [0.2, 0.25) is 0 Å². The van der Waals surface area contributed by atoms with E-state index in [1.807, 2.05) is 57.1 Å². The number of carbonyl (C=O) groups is 1. The second kappa shape index (κ2) is 6.56. The average Bonchev–Trinajstić information content (AvgIpc) is 2.48. The molecule has 0 fully saturated rings. The van der Waals surface area contributed by atoms with E-state index in [2.05, 4.69) is 9.97 Å². The zero-order chi connectivity index (χ0) is 16.3. The van der Waals surface area contributed by atoms with Gasteiger partial charge in [-0.25, -0.2) is 14.8 Å². The lowest BCUT2D eigenvalue weighted by atomic mass is 10.1. The third-order valence-electron chi connectivity index (χ3n) is 3.32. The van der Waals surface area contributed by atoms with Gasteiger partial charge in [-0.15, -0.1) is 0 Å². The van der Waals surface area contributed by atoms with Gasteiger partial charge in [0.25, 0.3) is 0 Å². The number of hydrogen-bond acceptors (Lipinski definition) is 5. The van der Waals surface area contributed by atoms with Crippen molar-refractivity contribution in [1.82, 2.24) is 9.97 Å². The Morgan fingerprint density at radius 1 is 1.14 bits per heavy atom. The topological polar surface area (TPSA) is 55.3 Å². The molecule has 0 spiro atoms. The van der Waals surface area contributed by atoms with E-state index in [4.69, 9.17) is 4.74 Å². The summed E-state index contributed by atoms with van der Waals surface area (Å²) < 4.78 is 5.11. The molecule has 0 aliphatic heterocycles. The van der Waals surface area contributed by atoms with Crippen molar-refractivity contribution in [3.05, 3.63) is 41.1 Å². The molecule has 0 saturated heterocycles. The van der Waals surface area contributed by atoms with E-state index in [0.29, 0.717) is 23.9 Å². The fourth-order valence-electron chi connectivity index (χ4n) is 2.17. The molecule has 0 aliphatic carbocycles. The number of benzene rings is 1. The van der Waals surface area contributed by atoms with Crippen LogP contribution in [0.15, 0.2) is 24.3 Å². The third-order valence-corrected chi connectivity index (χ3v) is 3.32. The molecule has 1 aromatic carbocycles. The van der Waals surface area contributed by atoms with E-state index >= 15 is 0 Å². The van der Waals surface area contributed by atoms with E-state index in [1.165, 1.54) is 0 Å². The van der Waals surface area contributed by atoms with Crippen LogP contribution in [0.3, 0.4) is 0 Å². The Hall–Kier alpha value is -2.43. The molecule has 5 heteroatoms. The third kappa shape index (κ3) is 3.24. The molecule has 116 valence electrons. The Labute approximate surface area is 131 Å². The van der Waals surface area contributed by atoms with Gasteiger partial charge in [0.15, 0.2) is 11.5 Å². The van der Waals surface area contributed by atoms with Crippen LogP contribution < -0.4 is 4.90 Å². The van der Waals surface area contributed by atoms with Gasteiger partial charge in [-0.2, -0.15) is 0 Å². The van der Waals surface area contributed by atoms with Crippen molar-refractivity contribution >= 4 is 11.8 Å². The van der Waals surface area contributed by atoms with Crippen LogP contribution in [0, 0.1) is 13.8 Å². The number of aryl methyl sites for hydroxylation is 1. The van der Waals surface area contributed by atoms with Crippen molar-refractivity contribution in [2.45, 2.75) is 20.8 Å². The molecule has 0 N–H and O–H groups in total. The first-order valence-corrected chi connectivity index (χ1v) is 7.24. The summed E-state index contributed by atoms with van der Waals surface area (Å²) >= 11 is 0. The van der Waals surface area contributed by atoms with E-state index < -0.39 is 5.97 Å². The molecule has 0 bridgehead atoms. The van der Waals surface area contributed by atoms with Gasteiger partial charge in [-0.3, -0.25) is 0 Å². The zero-order valence-electron chi connectivity index (χ0n) is 13.7. The number of nitrogens with zero attached hydrogens (tertiary/aromatic N) is 3. The Kier molecular flexibility index (Phi) is 4.75. The fraction of sp³-hybridized carbons (Fsp3) is 0.353. The van der Waals surface area contributed by atoms with Gasteiger partial charge in [-0.1, -0.05) is 29.8 Å². The highest BCUT2D eigenvalue weighted by Gasteiger charge is 2.19. The number of aromatic nitrogens is 2. The number of carbonyl (C=O) groups excluding carboxylic acids is 1. The van der Waals surface area contributed by atoms with Crippen LogP contribution in [-0.2, 0) is 4.74 Å². The molecule has 0 atom stereocenters. The maximum absolute atomic E-state index is 12.1. The summed E-state index contributed by atoms with van der Waals surface area (Å²) in [6.07, 6.45) is 0. The first-order chi connectivity index (χ1) is 10.4. The summed E-state index contributed by atoms with van der Waals surface area (Å²) in [6.45, 7) is 5.96. The molecular formula is C17H21N3O2. The molecule has 0 unspecified atom stereocenters.